The first-order chi connectivity index (χ1) is 18.3. The summed E-state index contributed by atoms with van der Waals surface area (Å²) in [7, 11) is 1.06. The lowest BCUT2D eigenvalue weighted by Crippen LogP contribution is -2.16. The average molecular weight is 599 g/mol. The van der Waals surface area contributed by atoms with Crippen LogP contribution in [0.5, 0.6) is 0 Å². The number of nitro groups is 1. The molecule has 10 nitrogen and oxygen atoms in total. The molecule has 0 saturated carbocycles. The van der Waals surface area contributed by atoms with Gasteiger partial charge in [0, 0.05) is 6.07 Å². The normalized spacial score (nSPS) is 10.4. The Bertz CT molecular complexity index is 1310. The summed E-state index contributed by atoms with van der Waals surface area (Å²) in [6.07, 6.45) is -7.79. The van der Waals surface area contributed by atoms with Crippen molar-refractivity contribution in [3.8, 4) is 0 Å². The SMILES string of the molecule is C=CC(=O)Cl.C=CC(=O)Nc1ccc(C(=O)OC)cc1C(F)(F)F.O=C(O)c1ccc([N+](=O)[O-])c(C(F)(F)F)c1. The van der Waals surface area contributed by atoms with E-state index in [1.165, 1.54) is 0 Å². The van der Waals surface area contributed by atoms with Gasteiger partial charge in [-0.05, 0) is 54.1 Å². The second-order valence-corrected chi connectivity index (χ2v) is 7.12. The van der Waals surface area contributed by atoms with Crippen molar-refractivity contribution in [2.45, 2.75) is 12.4 Å². The molecule has 17 heteroatoms. The number of alkyl halides is 6. The Morgan fingerprint density at radius 3 is 1.80 bits per heavy atom. The van der Waals surface area contributed by atoms with Gasteiger partial charge in [0.05, 0.1) is 34.4 Å². The number of carboxylic acid groups (broad SMARTS) is 1. The highest BCUT2D eigenvalue weighted by Gasteiger charge is 2.39. The second-order valence-electron chi connectivity index (χ2n) is 6.74. The number of methoxy groups -OCH3 is 1. The number of allylic oxidation sites excluding steroid dienone is 1. The second kappa shape index (κ2) is 15.0. The van der Waals surface area contributed by atoms with Crippen LogP contribution in [-0.4, -0.2) is 40.2 Å². The molecule has 0 fully saturated rings. The van der Waals surface area contributed by atoms with Gasteiger partial charge in [-0.1, -0.05) is 13.2 Å². The molecule has 0 saturated heterocycles. The summed E-state index contributed by atoms with van der Waals surface area (Å²) in [5, 5.41) is 20.3. The number of hydrogen-bond acceptors (Lipinski definition) is 7. The topological polar surface area (TPSA) is 153 Å². The van der Waals surface area contributed by atoms with Gasteiger partial charge in [0.25, 0.3) is 5.69 Å². The third-order valence-corrected chi connectivity index (χ3v) is 4.25. The van der Waals surface area contributed by atoms with E-state index >= 15 is 0 Å². The molecule has 0 unspecified atom stereocenters. The van der Waals surface area contributed by atoms with Crippen molar-refractivity contribution in [1.82, 2.24) is 0 Å². The highest BCUT2D eigenvalue weighted by Crippen LogP contribution is 2.37. The van der Waals surface area contributed by atoms with Crippen LogP contribution >= 0.6 is 11.6 Å². The number of carbonyl (C=O) groups excluding carboxylic acids is 3. The fourth-order valence-electron chi connectivity index (χ4n) is 2.37. The molecule has 0 atom stereocenters. The number of benzene rings is 2. The summed E-state index contributed by atoms with van der Waals surface area (Å²) in [5.41, 5.74) is -5.24. The van der Waals surface area contributed by atoms with Gasteiger partial charge < -0.3 is 15.2 Å². The molecule has 2 aromatic carbocycles. The highest BCUT2D eigenvalue weighted by molar-refractivity contribution is 6.66. The number of ether oxygens (including phenoxy) is 1. The van der Waals surface area contributed by atoms with E-state index in [1.807, 2.05) is 5.32 Å². The third-order valence-electron chi connectivity index (χ3n) is 4.10. The molecular weight excluding hydrogens is 582 g/mol. The number of nitrogens with one attached hydrogen (secondary N) is 1. The van der Waals surface area contributed by atoms with E-state index in [4.69, 9.17) is 16.7 Å². The molecule has 0 aliphatic rings. The largest absolute Gasteiger partial charge is 0.478 e. The zero-order chi connectivity index (χ0) is 31.4. The lowest BCUT2D eigenvalue weighted by molar-refractivity contribution is -0.388. The van der Waals surface area contributed by atoms with E-state index in [1.54, 1.807) is 0 Å². The van der Waals surface area contributed by atoms with Crippen LogP contribution in [0.3, 0.4) is 0 Å². The lowest BCUT2D eigenvalue weighted by atomic mass is 10.1. The number of hydrogen-bond donors (Lipinski definition) is 2. The van der Waals surface area contributed by atoms with Gasteiger partial charge in [0.1, 0.15) is 5.56 Å². The van der Waals surface area contributed by atoms with Crippen LogP contribution in [0.4, 0.5) is 37.7 Å². The minimum atomic E-state index is -4.96. The molecule has 0 aromatic heterocycles. The summed E-state index contributed by atoms with van der Waals surface area (Å²) >= 11 is 4.71. The molecule has 2 N–H and O–H groups in total. The van der Waals surface area contributed by atoms with Gasteiger partial charge in [-0.25, -0.2) is 9.59 Å². The molecular formula is C23H17ClF6N2O8. The van der Waals surface area contributed by atoms with Crippen molar-refractivity contribution < 1.29 is 60.3 Å². The molecule has 0 bridgehead atoms. The smallest absolute Gasteiger partial charge is 0.423 e. The maximum atomic E-state index is 12.8. The number of esters is 1. The van der Waals surface area contributed by atoms with Crippen molar-refractivity contribution in [2.75, 3.05) is 12.4 Å². The molecule has 0 radical (unpaired) electrons. The minimum Gasteiger partial charge on any atom is -0.478 e. The molecule has 2 rings (SSSR count). The van der Waals surface area contributed by atoms with Gasteiger partial charge in [-0.3, -0.25) is 19.7 Å². The van der Waals surface area contributed by atoms with Crippen LogP contribution in [0.25, 0.3) is 0 Å². The van der Waals surface area contributed by atoms with Crippen molar-refractivity contribution in [3.05, 3.63) is 94.1 Å². The number of nitro benzene ring substituents is 1. The first kappa shape index (κ1) is 35.3. The predicted molar refractivity (Wildman–Crippen MR) is 128 cm³/mol. The molecule has 0 spiro atoms. The molecule has 216 valence electrons. The van der Waals surface area contributed by atoms with E-state index in [9.17, 15) is 55.6 Å². The number of carboxylic acids is 1. The molecule has 0 aliphatic carbocycles. The fraction of sp³-hybridized carbons (Fsp3) is 0.130. The van der Waals surface area contributed by atoms with Crippen LogP contribution in [-0.2, 0) is 26.7 Å². The van der Waals surface area contributed by atoms with Crippen molar-refractivity contribution in [2.24, 2.45) is 0 Å². The van der Waals surface area contributed by atoms with Crippen molar-refractivity contribution in [1.29, 1.82) is 0 Å². The number of amides is 1. The quantitative estimate of drug-likeness (QED) is 0.105. The van der Waals surface area contributed by atoms with Gasteiger partial charge in [0.15, 0.2) is 0 Å². The summed E-state index contributed by atoms with van der Waals surface area (Å²) in [6, 6.07) is 4.23. The van der Waals surface area contributed by atoms with E-state index in [0.717, 1.165) is 37.5 Å². The van der Waals surface area contributed by atoms with E-state index in [2.05, 4.69) is 17.9 Å². The van der Waals surface area contributed by atoms with Crippen LogP contribution in [0.2, 0.25) is 0 Å². The Labute approximate surface area is 225 Å². The number of nitrogens with zero attached hydrogens (tertiary/aromatic N) is 1. The van der Waals surface area contributed by atoms with Crippen molar-refractivity contribution in [3.63, 3.8) is 0 Å². The Balaban J connectivity index is 0.000000657. The third kappa shape index (κ3) is 11.3. The van der Waals surface area contributed by atoms with Crippen LogP contribution < -0.4 is 5.32 Å². The molecule has 40 heavy (non-hydrogen) atoms. The maximum Gasteiger partial charge on any atom is 0.423 e. The Kier molecular flexibility index (Phi) is 13.2. The van der Waals surface area contributed by atoms with Gasteiger partial charge in [-0.15, -0.1) is 0 Å². The van der Waals surface area contributed by atoms with Crippen LogP contribution in [0.15, 0.2) is 61.7 Å². The number of aromatic carboxylic acids is 1. The van der Waals surface area contributed by atoms with E-state index in [-0.39, 0.29) is 11.6 Å². The summed E-state index contributed by atoms with van der Waals surface area (Å²) in [4.78, 5) is 51.2. The zero-order valence-corrected chi connectivity index (χ0v) is 20.7. The predicted octanol–water partition coefficient (Wildman–Crippen LogP) is 5.87. The van der Waals surface area contributed by atoms with Gasteiger partial charge >= 0.3 is 24.3 Å². The first-order valence-corrected chi connectivity index (χ1v) is 10.3. The maximum absolute atomic E-state index is 12.8. The summed E-state index contributed by atoms with van der Waals surface area (Å²) in [5.74, 6) is -3.26. The van der Waals surface area contributed by atoms with Crippen LogP contribution in [0, 0.1) is 10.1 Å². The molecule has 0 heterocycles. The average Bonchev–Trinajstić information content (AvgIpc) is 2.87. The van der Waals surface area contributed by atoms with E-state index in [0.29, 0.717) is 12.1 Å². The zero-order valence-electron chi connectivity index (χ0n) is 19.9. The molecule has 2 aromatic rings. The van der Waals surface area contributed by atoms with Gasteiger partial charge in [0.2, 0.25) is 11.1 Å². The number of carbonyl (C=O) groups is 4. The monoisotopic (exact) mass is 598 g/mol. The standard InChI is InChI=1S/C12H10F3NO3.C8H4F3NO4.C3H3ClO/c1-3-10(17)16-9-5-4-7(11(18)19-2)6-8(9)12(13,14)15;9-8(10,11)5-3-4(7(13)14)1-2-6(5)12(15)16;1-2-3(4)5/h3-6H,1H2,2H3,(H,16,17);1-3H,(H,13,14);2H,1H2. The van der Waals surface area contributed by atoms with Crippen molar-refractivity contribution >= 4 is 46.1 Å². The lowest BCUT2D eigenvalue weighted by Gasteiger charge is -2.14. The van der Waals surface area contributed by atoms with Crippen LogP contribution in [0.1, 0.15) is 31.8 Å². The highest BCUT2D eigenvalue weighted by atomic mass is 35.5. The summed E-state index contributed by atoms with van der Waals surface area (Å²) < 4.78 is 79.9. The fourth-order valence-corrected chi connectivity index (χ4v) is 2.37. The first-order valence-electron chi connectivity index (χ1n) is 9.93. The molecule has 0 aliphatic heterocycles. The Hall–Kier alpha value is -4.73. The number of halogens is 7. The van der Waals surface area contributed by atoms with Gasteiger partial charge in [-0.2, -0.15) is 26.3 Å². The Morgan fingerprint density at radius 2 is 1.43 bits per heavy atom. The number of anilines is 1. The Morgan fingerprint density at radius 1 is 0.950 bits per heavy atom. The molecule has 1 amide bonds. The number of rotatable bonds is 6. The van der Waals surface area contributed by atoms with E-state index < -0.39 is 68.4 Å². The summed E-state index contributed by atoms with van der Waals surface area (Å²) in [6.45, 7) is 6.22. The minimum absolute atomic E-state index is 0.237.